The minimum Gasteiger partial charge on any atom is -0.307 e. The van der Waals surface area contributed by atoms with Gasteiger partial charge in [0.2, 0.25) is 0 Å². The Hall–Kier alpha value is -0.670. The van der Waals surface area contributed by atoms with Crippen molar-refractivity contribution < 1.29 is 13.6 Å². The first kappa shape index (κ1) is 30.4. The van der Waals surface area contributed by atoms with Crippen LogP contribution in [-0.2, 0) is 20.2 Å². The number of nitrogens with one attached hydrogen (secondary N) is 1. The van der Waals surface area contributed by atoms with Crippen LogP contribution in [0.2, 0.25) is 0 Å². The molecular formula is C28H52NO3P. The van der Waals surface area contributed by atoms with E-state index in [-0.39, 0.29) is 5.78 Å². The predicted molar refractivity (Wildman–Crippen MR) is 143 cm³/mol. The van der Waals surface area contributed by atoms with Crippen LogP contribution in [0.15, 0.2) is 30.3 Å². The van der Waals surface area contributed by atoms with Crippen LogP contribution in [0.5, 0.6) is 0 Å². The van der Waals surface area contributed by atoms with Gasteiger partial charge in [0.05, 0.1) is 13.2 Å². The van der Waals surface area contributed by atoms with Crippen molar-refractivity contribution in [1.82, 2.24) is 5.32 Å². The summed E-state index contributed by atoms with van der Waals surface area (Å²) in [5.74, 6) is 0.597. The van der Waals surface area contributed by atoms with E-state index < -0.39 is 7.60 Å². The van der Waals surface area contributed by atoms with Crippen molar-refractivity contribution in [1.29, 1.82) is 0 Å². The lowest BCUT2D eigenvalue weighted by molar-refractivity contribution is 0.142. The zero-order valence-corrected chi connectivity index (χ0v) is 23.1. The van der Waals surface area contributed by atoms with Crippen molar-refractivity contribution in [3.63, 3.8) is 0 Å². The van der Waals surface area contributed by atoms with E-state index in [4.69, 9.17) is 9.05 Å². The molecule has 0 saturated carbocycles. The van der Waals surface area contributed by atoms with Crippen LogP contribution in [-0.4, -0.2) is 19.0 Å². The largest absolute Gasteiger partial charge is 0.347 e. The van der Waals surface area contributed by atoms with Gasteiger partial charge in [-0.2, -0.15) is 0 Å². The average Bonchev–Trinajstić information content (AvgIpc) is 2.85. The molecule has 1 N–H and O–H groups in total. The smallest absolute Gasteiger partial charge is 0.307 e. The van der Waals surface area contributed by atoms with Crippen LogP contribution in [0.1, 0.15) is 111 Å². The van der Waals surface area contributed by atoms with Gasteiger partial charge in [0.25, 0.3) is 0 Å². The molecule has 192 valence electrons. The number of benzene rings is 1. The van der Waals surface area contributed by atoms with Gasteiger partial charge in [-0.15, -0.1) is 0 Å². The summed E-state index contributed by atoms with van der Waals surface area (Å²) in [5, 5.41) is 3.57. The molecule has 0 heterocycles. The van der Waals surface area contributed by atoms with E-state index in [1.807, 2.05) is 18.2 Å². The van der Waals surface area contributed by atoms with Crippen molar-refractivity contribution >= 4 is 7.60 Å². The molecule has 0 amide bonds. The van der Waals surface area contributed by atoms with Gasteiger partial charge in [0.15, 0.2) is 0 Å². The third-order valence-corrected chi connectivity index (χ3v) is 8.89. The second kappa shape index (κ2) is 18.6. The molecule has 0 saturated heterocycles. The van der Waals surface area contributed by atoms with Crippen LogP contribution < -0.4 is 5.32 Å². The van der Waals surface area contributed by atoms with Crippen LogP contribution in [0, 0.1) is 11.8 Å². The average molecular weight is 482 g/mol. The zero-order chi connectivity index (χ0) is 24.4. The van der Waals surface area contributed by atoms with E-state index in [1.54, 1.807) is 0 Å². The highest BCUT2D eigenvalue weighted by atomic mass is 31.2. The monoisotopic (exact) mass is 481 g/mol. The number of rotatable bonds is 21. The summed E-state index contributed by atoms with van der Waals surface area (Å²) < 4.78 is 26.9. The molecule has 0 bridgehead atoms. The molecule has 0 spiro atoms. The van der Waals surface area contributed by atoms with Crippen molar-refractivity contribution in [3.05, 3.63) is 35.9 Å². The second-order valence-electron chi connectivity index (χ2n) is 9.49. The molecule has 3 atom stereocenters. The molecule has 0 aliphatic rings. The molecule has 33 heavy (non-hydrogen) atoms. The quantitative estimate of drug-likeness (QED) is 0.178. The van der Waals surface area contributed by atoms with Crippen molar-refractivity contribution in [2.75, 3.05) is 13.2 Å². The third kappa shape index (κ3) is 12.6. The Bertz CT molecular complexity index is 601. The fourth-order valence-electron chi connectivity index (χ4n) is 4.03. The molecule has 1 rings (SSSR count). The highest BCUT2D eigenvalue weighted by Crippen LogP contribution is 2.54. The molecule has 0 aliphatic carbocycles. The molecule has 4 nitrogen and oxygen atoms in total. The highest BCUT2D eigenvalue weighted by molar-refractivity contribution is 7.54. The first-order valence-electron chi connectivity index (χ1n) is 13.7. The molecule has 3 unspecified atom stereocenters. The Morgan fingerprint density at radius 3 is 1.70 bits per heavy atom. The second-order valence-corrected chi connectivity index (χ2v) is 11.7. The highest BCUT2D eigenvalue weighted by Gasteiger charge is 2.36. The Morgan fingerprint density at radius 1 is 0.758 bits per heavy atom. The SMILES string of the molecule is CCCCC(CC)COP(=O)(OCC(CC)CCCC)C(CCCC)NCc1ccccc1. The summed E-state index contributed by atoms with van der Waals surface area (Å²) >= 11 is 0. The van der Waals surface area contributed by atoms with Crippen LogP contribution in [0.25, 0.3) is 0 Å². The predicted octanol–water partition coefficient (Wildman–Crippen LogP) is 8.95. The first-order chi connectivity index (χ1) is 16.0. The van der Waals surface area contributed by atoms with Crippen LogP contribution in [0.3, 0.4) is 0 Å². The topological polar surface area (TPSA) is 47.6 Å². The summed E-state index contributed by atoms with van der Waals surface area (Å²) in [6.45, 7) is 12.7. The fourth-order valence-corrected chi connectivity index (χ4v) is 6.12. The van der Waals surface area contributed by atoms with Gasteiger partial charge in [-0.25, -0.2) is 0 Å². The van der Waals surface area contributed by atoms with Gasteiger partial charge in [-0.1, -0.05) is 116 Å². The van der Waals surface area contributed by atoms with E-state index >= 15 is 0 Å². The minimum absolute atomic E-state index is 0.273. The van der Waals surface area contributed by atoms with Crippen molar-refractivity contribution in [3.8, 4) is 0 Å². The summed E-state index contributed by atoms with van der Waals surface area (Å²) in [6, 6.07) is 10.3. The summed E-state index contributed by atoms with van der Waals surface area (Å²) in [7, 11) is -3.31. The first-order valence-corrected chi connectivity index (χ1v) is 15.3. The molecule has 0 aliphatic heterocycles. The van der Waals surface area contributed by atoms with Gasteiger partial charge in [-0.3, -0.25) is 9.88 Å². The lowest BCUT2D eigenvalue weighted by Gasteiger charge is -2.30. The third-order valence-electron chi connectivity index (χ3n) is 6.66. The van der Waals surface area contributed by atoms with E-state index in [2.05, 4.69) is 52.1 Å². The maximum Gasteiger partial charge on any atom is 0.347 e. The van der Waals surface area contributed by atoms with Gasteiger partial charge < -0.3 is 9.05 Å². The maximum absolute atomic E-state index is 14.3. The van der Waals surface area contributed by atoms with E-state index in [0.29, 0.717) is 31.6 Å². The number of hydrogen-bond acceptors (Lipinski definition) is 4. The Kier molecular flexibility index (Phi) is 17.1. The van der Waals surface area contributed by atoms with Crippen molar-refractivity contribution in [2.24, 2.45) is 11.8 Å². The van der Waals surface area contributed by atoms with E-state index in [9.17, 15) is 4.57 Å². The molecule has 5 heteroatoms. The lowest BCUT2D eigenvalue weighted by atomic mass is 10.0. The van der Waals surface area contributed by atoms with Gasteiger partial charge in [0.1, 0.15) is 5.78 Å². The zero-order valence-electron chi connectivity index (χ0n) is 22.2. The molecule has 1 aromatic rings. The maximum atomic E-state index is 14.3. The Labute approximate surface area is 205 Å². The molecule has 0 fully saturated rings. The Morgan fingerprint density at radius 2 is 1.24 bits per heavy atom. The molecular weight excluding hydrogens is 429 g/mol. The Balaban J connectivity index is 2.99. The van der Waals surface area contributed by atoms with E-state index in [0.717, 1.165) is 44.9 Å². The summed E-state index contributed by atoms with van der Waals surface area (Å²) in [6.07, 6.45) is 11.9. The van der Waals surface area contributed by atoms with Gasteiger partial charge in [0, 0.05) is 6.54 Å². The van der Waals surface area contributed by atoms with Crippen molar-refractivity contribution in [2.45, 2.75) is 118 Å². The van der Waals surface area contributed by atoms with E-state index in [1.165, 1.54) is 31.2 Å². The van der Waals surface area contributed by atoms with Gasteiger partial charge >= 0.3 is 7.60 Å². The lowest BCUT2D eigenvalue weighted by Crippen LogP contribution is -2.31. The molecule has 1 aromatic carbocycles. The summed E-state index contributed by atoms with van der Waals surface area (Å²) in [4.78, 5) is 0. The van der Waals surface area contributed by atoms with Gasteiger partial charge in [-0.05, 0) is 36.7 Å². The molecule has 0 aromatic heterocycles. The molecule has 0 radical (unpaired) electrons. The normalized spacial score (nSPS) is 16.3. The number of hydrogen-bond donors (Lipinski definition) is 1. The van der Waals surface area contributed by atoms with Crippen LogP contribution in [0.4, 0.5) is 0 Å². The fraction of sp³-hybridized carbons (Fsp3) is 0.786. The number of unbranched alkanes of at least 4 members (excludes halogenated alkanes) is 3. The minimum atomic E-state index is -3.31. The van der Waals surface area contributed by atoms with Crippen LogP contribution >= 0.6 is 7.60 Å². The standard InChI is InChI=1S/C28H52NO3P/c1-6-11-17-25(9-4)23-31-33(30,32-24-26(10-5)18-12-7-2)28(21-13-8-3)29-22-27-19-15-14-16-20-27/h14-16,19-20,25-26,28-29H,6-13,17-18,21-24H2,1-5H3. The summed E-state index contributed by atoms with van der Waals surface area (Å²) in [5.41, 5.74) is 1.19.